The normalized spacial score (nSPS) is 12.6. The highest BCUT2D eigenvalue weighted by Crippen LogP contribution is 2.19. The minimum atomic E-state index is -0.946. The Balaban J connectivity index is 2.79. The summed E-state index contributed by atoms with van der Waals surface area (Å²) in [6, 6.07) is 2.02. The Morgan fingerprint density at radius 3 is 2.33 bits per heavy atom. The van der Waals surface area contributed by atoms with Crippen molar-refractivity contribution in [2.75, 3.05) is 6.54 Å². The van der Waals surface area contributed by atoms with E-state index in [1.165, 1.54) is 0 Å². The first-order chi connectivity index (χ1) is 8.32. The first-order valence-electron chi connectivity index (χ1n) is 5.43. The van der Waals surface area contributed by atoms with Crippen LogP contribution in [0.2, 0.25) is 0 Å². The number of aliphatic hydroxyl groups excluding tert-OH is 1. The van der Waals surface area contributed by atoms with Gasteiger partial charge in [-0.25, -0.2) is 8.78 Å². The van der Waals surface area contributed by atoms with Crippen LogP contribution in [0.4, 0.5) is 8.78 Å². The number of carbonyl (C=O) groups excluding carboxylic acids is 1. The zero-order valence-electron chi connectivity index (χ0n) is 10.0. The van der Waals surface area contributed by atoms with Gasteiger partial charge in [0.05, 0.1) is 6.10 Å². The van der Waals surface area contributed by atoms with Gasteiger partial charge in [0.1, 0.15) is 17.2 Å². The summed E-state index contributed by atoms with van der Waals surface area (Å²) >= 11 is 2.93. The van der Waals surface area contributed by atoms with E-state index in [-0.39, 0.29) is 16.9 Å². The molecule has 1 unspecified atom stereocenters. The van der Waals surface area contributed by atoms with E-state index >= 15 is 0 Å². The Kier molecular flexibility index (Phi) is 5.22. The monoisotopic (exact) mass is 321 g/mol. The maximum Gasteiger partial charge on any atom is 0.257 e. The molecule has 1 amide bonds. The molecule has 1 atom stereocenters. The molecule has 0 fully saturated rings. The highest BCUT2D eigenvalue weighted by Gasteiger charge is 2.19. The number of hydrogen-bond acceptors (Lipinski definition) is 2. The fraction of sp³-hybridized carbons (Fsp3) is 0.417. The van der Waals surface area contributed by atoms with Crippen molar-refractivity contribution in [3.05, 3.63) is 33.8 Å². The molecule has 0 saturated heterocycles. The highest BCUT2D eigenvalue weighted by molar-refractivity contribution is 9.10. The highest BCUT2D eigenvalue weighted by atomic mass is 79.9. The van der Waals surface area contributed by atoms with Crippen LogP contribution in [0.15, 0.2) is 16.6 Å². The van der Waals surface area contributed by atoms with E-state index in [4.69, 9.17) is 0 Å². The molecule has 2 N–H and O–H groups in total. The molecule has 0 saturated carbocycles. The molecule has 0 radical (unpaired) electrons. The third kappa shape index (κ3) is 3.74. The van der Waals surface area contributed by atoms with E-state index in [0.717, 1.165) is 12.1 Å². The van der Waals surface area contributed by atoms with Crippen molar-refractivity contribution < 1.29 is 18.7 Å². The SMILES string of the molecule is CC(C)C(O)CNC(=O)c1c(F)cc(Br)cc1F. The summed E-state index contributed by atoms with van der Waals surface area (Å²) in [5, 5.41) is 11.8. The number of carbonyl (C=O) groups is 1. The lowest BCUT2D eigenvalue weighted by Crippen LogP contribution is -2.35. The Labute approximate surface area is 112 Å². The van der Waals surface area contributed by atoms with Crippen molar-refractivity contribution >= 4 is 21.8 Å². The van der Waals surface area contributed by atoms with Crippen LogP contribution in [0.5, 0.6) is 0 Å². The van der Waals surface area contributed by atoms with E-state index in [9.17, 15) is 18.7 Å². The number of aliphatic hydroxyl groups is 1. The molecule has 0 aromatic heterocycles. The number of nitrogens with one attached hydrogen (secondary N) is 1. The lowest BCUT2D eigenvalue weighted by molar-refractivity contribution is 0.0864. The molecule has 1 aromatic rings. The summed E-state index contributed by atoms with van der Waals surface area (Å²) in [7, 11) is 0. The molecule has 1 aromatic carbocycles. The summed E-state index contributed by atoms with van der Waals surface area (Å²) in [6.45, 7) is 3.50. The summed E-state index contributed by atoms with van der Waals surface area (Å²) < 4.78 is 27.1. The fourth-order valence-electron chi connectivity index (χ4n) is 1.28. The van der Waals surface area contributed by atoms with Crippen LogP contribution in [0.1, 0.15) is 24.2 Å². The van der Waals surface area contributed by atoms with Gasteiger partial charge in [0.15, 0.2) is 0 Å². The van der Waals surface area contributed by atoms with E-state index in [2.05, 4.69) is 21.2 Å². The van der Waals surface area contributed by atoms with Crippen molar-refractivity contribution in [2.45, 2.75) is 20.0 Å². The van der Waals surface area contributed by atoms with E-state index in [1.54, 1.807) is 13.8 Å². The van der Waals surface area contributed by atoms with E-state index in [1.807, 2.05) is 0 Å². The molecule has 100 valence electrons. The number of hydrogen-bond donors (Lipinski definition) is 2. The maximum absolute atomic E-state index is 13.5. The summed E-state index contributed by atoms with van der Waals surface area (Å²) in [5.74, 6) is -2.82. The van der Waals surface area contributed by atoms with Crippen LogP contribution in [0.25, 0.3) is 0 Å². The van der Waals surface area contributed by atoms with Crippen LogP contribution < -0.4 is 5.32 Å². The lowest BCUT2D eigenvalue weighted by atomic mass is 10.1. The molecule has 0 spiro atoms. The molecule has 0 bridgehead atoms. The lowest BCUT2D eigenvalue weighted by Gasteiger charge is -2.15. The fourth-order valence-corrected chi connectivity index (χ4v) is 1.68. The second kappa shape index (κ2) is 6.24. The molecule has 0 aliphatic carbocycles. The van der Waals surface area contributed by atoms with E-state index in [0.29, 0.717) is 0 Å². The molecule has 6 heteroatoms. The zero-order valence-corrected chi connectivity index (χ0v) is 11.6. The molecule has 0 aliphatic heterocycles. The van der Waals surface area contributed by atoms with Gasteiger partial charge in [-0.1, -0.05) is 29.8 Å². The number of benzene rings is 1. The van der Waals surface area contributed by atoms with Gasteiger partial charge >= 0.3 is 0 Å². The summed E-state index contributed by atoms with van der Waals surface area (Å²) in [4.78, 5) is 11.6. The van der Waals surface area contributed by atoms with Crippen LogP contribution >= 0.6 is 15.9 Å². The number of amides is 1. The second-order valence-electron chi connectivity index (χ2n) is 4.27. The maximum atomic E-state index is 13.5. The topological polar surface area (TPSA) is 49.3 Å². The average molecular weight is 322 g/mol. The van der Waals surface area contributed by atoms with Crippen molar-refractivity contribution in [3.8, 4) is 0 Å². The standard InChI is InChI=1S/C12H14BrF2NO2/c1-6(2)10(17)5-16-12(18)11-8(14)3-7(13)4-9(11)15/h3-4,6,10,17H,5H2,1-2H3,(H,16,18). The second-order valence-corrected chi connectivity index (χ2v) is 5.18. The minimum absolute atomic E-state index is 0.0502. The van der Waals surface area contributed by atoms with Crippen molar-refractivity contribution in [2.24, 2.45) is 5.92 Å². The Bertz CT molecular complexity index is 429. The quantitative estimate of drug-likeness (QED) is 0.895. The van der Waals surface area contributed by atoms with E-state index < -0.39 is 29.2 Å². The number of halogens is 3. The smallest absolute Gasteiger partial charge is 0.257 e. The van der Waals surface area contributed by atoms with Crippen LogP contribution in [-0.2, 0) is 0 Å². The zero-order chi connectivity index (χ0) is 13.9. The van der Waals surface area contributed by atoms with Crippen LogP contribution in [-0.4, -0.2) is 23.7 Å². The first kappa shape index (κ1) is 15.0. The van der Waals surface area contributed by atoms with Crippen molar-refractivity contribution in [1.29, 1.82) is 0 Å². The molecule has 1 rings (SSSR count). The van der Waals surface area contributed by atoms with Crippen molar-refractivity contribution in [3.63, 3.8) is 0 Å². The van der Waals surface area contributed by atoms with Gasteiger partial charge in [-0.15, -0.1) is 0 Å². The van der Waals surface area contributed by atoms with Gasteiger partial charge in [0.25, 0.3) is 5.91 Å². The largest absolute Gasteiger partial charge is 0.391 e. The Hall–Kier alpha value is -1.01. The molecular formula is C12H14BrF2NO2. The van der Waals surface area contributed by atoms with Gasteiger partial charge < -0.3 is 10.4 Å². The Morgan fingerprint density at radius 2 is 1.89 bits per heavy atom. The van der Waals surface area contributed by atoms with Crippen LogP contribution in [0, 0.1) is 17.6 Å². The van der Waals surface area contributed by atoms with Gasteiger partial charge in [0.2, 0.25) is 0 Å². The van der Waals surface area contributed by atoms with Gasteiger partial charge in [-0.05, 0) is 18.1 Å². The number of rotatable bonds is 4. The summed E-state index contributed by atoms with van der Waals surface area (Å²) in [6.07, 6.45) is -0.754. The first-order valence-corrected chi connectivity index (χ1v) is 6.23. The Morgan fingerprint density at radius 1 is 1.39 bits per heavy atom. The van der Waals surface area contributed by atoms with Gasteiger partial charge in [-0.3, -0.25) is 4.79 Å². The van der Waals surface area contributed by atoms with Crippen LogP contribution in [0.3, 0.4) is 0 Å². The molecule has 3 nitrogen and oxygen atoms in total. The van der Waals surface area contributed by atoms with Gasteiger partial charge in [0, 0.05) is 11.0 Å². The predicted octanol–water partition coefficient (Wildman–Crippen LogP) is 2.47. The third-order valence-electron chi connectivity index (χ3n) is 2.48. The predicted molar refractivity (Wildman–Crippen MR) is 67.2 cm³/mol. The minimum Gasteiger partial charge on any atom is -0.391 e. The van der Waals surface area contributed by atoms with Gasteiger partial charge in [-0.2, -0.15) is 0 Å². The average Bonchev–Trinajstić information content (AvgIpc) is 2.24. The molecule has 0 aliphatic rings. The molecule has 0 heterocycles. The third-order valence-corrected chi connectivity index (χ3v) is 2.93. The molecule has 18 heavy (non-hydrogen) atoms. The molecular weight excluding hydrogens is 308 g/mol. The summed E-state index contributed by atoms with van der Waals surface area (Å²) in [5.41, 5.74) is -0.644. The van der Waals surface area contributed by atoms with Crippen molar-refractivity contribution in [1.82, 2.24) is 5.32 Å².